The van der Waals surface area contributed by atoms with Gasteiger partial charge >= 0.3 is 0 Å². The highest BCUT2D eigenvalue weighted by molar-refractivity contribution is 5.04. The molecular formula is C10H20N4O2. The summed E-state index contributed by atoms with van der Waals surface area (Å²) in [7, 11) is 5.10. The number of rotatable bonds is 7. The van der Waals surface area contributed by atoms with E-state index in [2.05, 4.69) is 10.5 Å². The summed E-state index contributed by atoms with van der Waals surface area (Å²) in [4.78, 5) is 0. The van der Waals surface area contributed by atoms with E-state index in [1.54, 1.807) is 18.9 Å². The second kappa shape index (κ2) is 6.59. The van der Waals surface area contributed by atoms with Crippen LogP contribution in [-0.2, 0) is 22.9 Å². The molecule has 0 saturated heterocycles. The third kappa shape index (κ3) is 3.57. The van der Waals surface area contributed by atoms with Crippen molar-refractivity contribution >= 4 is 0 Å². The lowest BCUT2D eigenvalue weighted by molar-refractivity contribution is -0.124. The van der Waals surface area contributed by atoms with Crippen LogP contribution >= 0.6 is 0 Å². The van der Waals surface area contributed by atoms with Crippen LogP contribution in [0.2, 0.25) is 0 Å². The number of nitrogens with two attached hydrogens (primary N) is 1. The third-order valence-corrected chi connectivity index (χ3v) is 2.51. The number of ether oxygens (including phenoxy) is 2. The summed E-state index contributed by atoms with van der Waals surface area (Å²) >= 11 is 0. The van der Waals surface area contributed by atoms with Gasteiger partial charge in [-0.05, 0) is 18.4 Å². The number of aryl methyl sites for hydroxylation is 2. The van der Waals surface area contributed by atoms with Crippen molar-refractivity contribution in [1.29, 1.82) is 0 Å². The first-order valence-electron chi connectivity index (χ1n) is 5.20. The number of methoxy groups -OCH3 is 2. The SMILES string of the molecule is COC(OC)C(CCc1cnn(C)c1)NN. The summed E-state index contributed by atoms with van der Waals surface area (Å²) in [5.74, 6) is 5.46. The van der Waals surface area contributed by atoms with E-state index in [9.17, 15) is 0 Å². The number of nitrogens with one attached hydrogen (secondary N) is 1. The second-order valence-corrected chi connectivity index (χ2v) is 3.67. The van der Waals surface area contributed by atoms with Crippen molar-refractivity contribution < 1.29 is 9.47 Å². The van der Waals surface area contributed by atoms with Gasteiger partial charge in [-0.1, -0.05) is 0 Å². The summed E-state index contributed by atoms with van der Waals surface area (Å²) in [5.41, 5.74) is 3.88. The summed E-state index contributed by atoms with van der Waals surface area (Å²) in [6.07, 6.45) is 5.21. The van der Waals surface area contributed by atoms with Gasteiger partial charge in [0, 0.05) is 27.5 Å². The molecule has 1 heterocycles. The van der Waals surface area contributed by atoms with Crippen LogP contribution in [0.25, 0.3) is 0 Å². The minimum Gasteiger partial charge on any atom is -0.354 e. The largest absolute Gasteiger partial charge is 0.354 e. The van der Waals surface area contributed by atoms with Gasteiger partial charge in [0.15, 0.2) is 6.29 Å². The van der Waals surface area contributed by atoms with E-state index < -0.39 is 0 Å². The number of hydrogen-bond acceptors (Lipinski definition) is 5. The molecule has 3 N–H and O–H groups in total. The molecule has 0 bridgehead atoms. The van der Waals surface area contributed by atoms with Crippen LogP contribution in [0.15, 0.2) is 12.4 Å². The van der Waals surface area contributed by atoms with Gasteiger partial charge in [0.05, 0.1) is 12.2 Å². The van der Waals surface area contributed by atoms with Crippen molar-refractivity contribution in [2.24, 2.45) is 12.9 Å². The molecule has 0 radical (unpaired) electrons. The molecule has 0 aliphatic rings. The maximum absolute atomic E-state index is 5.46. The molecule has 0 aliphatic carbocycles. The van der Waals surface area contributed by atoms with Gasteiger partial charge in [-0.15, -0.1) is 0 Å². The lowest BCUT2D eigenvalue weighted by Crippen LogP contribution is -2.46. The van der Waals surface area contributed by atoms with Crippen LogP contribution in [0.5, 0.6) is 0 Å². The summed E-state index contributed by atoms with van der Waals surface area (Å²) in [6.45, 7) is 0. The maximum Gasteiger partial charge on any atom is 0.173 e. The zero-order chi connectivity index (χ0) is 12.0. The molecule has 0 fully saturated rings. The van der Waals surface area contributed by atoms with Gasteiger partial charge < -0.3 is 9.47 Å². The molecule has 1 unspecified atom stereocenters. The lowest BCUT2D eigenvalue weighted by Gasteiger charge is -2.23. The van der Waals surface area contributed by atoms with Gasteiger partial charge in [0.2, 0.25) is 0 Å². The van der Waals surface area contributed by atoms with E-state index in [-0.39, 0.29) is 12.3 Å². The fourth-order valence-electron chi connectivity index (χ4n) is 1.65. The van der Waals surface area contributed by atoms with Crippen molar-refractivity contribution in [3.63, 3.8) is 0 Å². The number of aromatic nitrogens is 2. The Balaban J connectivity index is 2.44. The van der Waals surface area contributed by atoms with Gasteiger partial charge in [-0.3, -0.25) is 16.0 Å². The first-order chi connectivity index (χ1) is 7.71. The first kappa shape index (κ1) is 13.1. The molecule has 1 aromatic rings. The summed E-state index contributed by atoms with van der Waals surface area (Å²) in [6, 6.07) is -0.0322. The molecule has 1 rings (SSSR count). The summed E-state index contributed by atoms with van der Waals surface area (Å²) < 4.78 is 12.1. The van der Waals surface area contributed by atoms with E-state index in [4.69, 9.17) is 15.3 Å². The predicted octanol–water partition coefficient (Wildman–Crippen LogP) is -0.196. The van der Waals surface area contributed by atoms with Crippen LogP contribution in [0.3, 0.4) is 0 Å². The highest BCUT2D eigenvalue weighted by Crippen LogP contribution is 2.08. The maximum atomic E-state index is 5.46. The van der Waals surface area contributed by atoms with Crippen molar-refractivity contribution in [3.8, 4) is 0 Å². The van der Waals surface area contributed by atoms with E-state index >= 15 is 0 Å². The highest BCUT2D eigenvalue weighted by atomic mass is 16.7. The molecule has 16 heavy (non-hydrogen) atoms. The van der Waals surface area contributed by atoms with E-state index in [1.165, 1.54) is 5.56 Å². The standard InChI is InChI=1S/C10H20N4O2/c1-14-7-8(6-12-14)4-5-9(13-11)10(15-2)16-3/h6-7,9-10,13H,4-5,11H2,1-3H3. The van der Waals surface area contributed by atoms with Crippen LogP contribution in [0.4, 0.5) is 0 Å². The molecule has 92 valence electrons. The number of nitrogens with zero attached hydrogens (tertiary/aromatic N) is 2. The Hall–Kier alpha value is -0.950. The molecule has 1 aromatic heterocycles. The number of hydrogen-bond donors (Lipinski definition) is 2. The minimum atomic E-state index is -0.332. The van der Waals surface area contributed by atoms with Crippen LogP contribution < -0.4 is 11.3 Å². The van der Waals surface area contributed by atoms with Crippen molar-refractivity contribution in [1.82, 2.24) is 15.2 Å². The van der Waals surface area contributed by atoms with E-state index in [0.717, 1.165) is 12.8 Å². The van der Waals surface area contributed by atoms with Crippen LogP contribution in [0, 0.1) is 0 Å². The molecule has 0 amide bonds. The monoisotopic (exact) mass is 228 g/mol. The molecule has 0 spiro atoms. The topological polar surface area (TPSA) is 74.3 Å². The lowest BCUT2D eigenvalue weighted by atomic mass is 10.1. The Kier molecular flexibility index (Phi) is 5.41. The Bertz CT molecular complexity index is 299. The van der Waals surface area contributed by atoms with Crippen LogP contribution in [-0.4, -0.2) is 36.3 Å². The van der Waals surface area contributed by atoms with E-state index in [0.29, 0.717) is 0 Å². The van der Waals surface area contributed by atoms with Crippen LogP contribution in [0.1, 0.15) is 12.0 Å². The highest BCUT2D eigenvalue weighted by Gasteiger charge is 2.19. The zero-order valence-electron chi connectivity index (χ0n) is 10.0. The number of hydrazine groups is 1. The van der Waals surface area contributed by atoms with Crippen molar-refractivity contribution in [2.45, 2.75) is 25.2 Å². The Morgan fingerprint density at radius 3 is 2.62 bits per heavy atom. The smallest absolute Gasteiger partial charge is 0.173 e. The Morgan fingerprint density at radius 1 is 1.50 bits per heavy atom. The normalized spacial score (nSPS) is 13.3. The molecule has 0 saturated carbocycles. The molecule has 6 nitrogen and oxygen atoms in total. The molecule has 0 aliphatic heterocycles. The molecule has 1 atom stereocenters. The van der Waals surface area contributed by atoms with Gasteiger partial charge in [-0.25, -0.2) is 0 Å². The van der Waals surface area contributed by atoms with Gasteiger partial charge in [0.25, 0.3) is 0 Å². The van der Waals surface area contributed by atoms with Gasteiger partial charge in [0.1, 0.15) is 0 Å². The molecule has 6 heteroatoms. The quantitative estimate of drug-likeness (QED) is 0.384. The zero-order valence-corrected chi connectivity index (χ0v) is 10.0. The fourth-order valence-corrected chi connectivity index (χ4v) is 1.65. The Morgan fingerprint density at radius 2 is 2.19 bits per heavy atom. The average Bonchev–Trinajstić information content (AvgIpc) is 2.70. The third-order valence-electron chi connectivity index (χ3n) is 2.51. The molecule has 0 aromatic carbocycles. The van der Waals surface area contributed by atoms with E-state index in [1.807, 2.05) is 19.4 Å². The summed E-state index contributed by atoms with van der Waals surface area (Å²) in [5, 5.41) is 4.11. The second-order valence-electron chi connectivity index (χ2n) is 3.67. The first-order valence-corrected chi connectivity index (χ1v) is 5.20. The van der Waals surface area contributed by atoms with Crippen molar-refractivity contribution in [3.05, 3.63) is 18.0 Å². The minimum absolute atomic E-state index is 0.0322. The predicted molar refractivity (Wildman–Crippen MR) is 60.4 cm³/mol. The fraction of sp³-hybridized carbons (Fsp3) is 0.700. The Labute approximate surface area is 95.7 Å². The molecular weight excluding hydrogens is 208 g/mol. The van der Waals surface area contributed by atoms with Gasteiger partial charge in [-0.2, -0.15) is 5.10 Å². The average molecular weight is 228 g/mol. The van der Waals surface area contributed by atoms with Crippen molar-refractivity contribution in [2.75, 3.05) is 14.2 Å².